The molecule has 28 heavy (non-hydrogen) atoms. The second-order valence-electron chi connectivity index (χ2n) is 6.50. The Bertz CT molecular complexity index is 992. The van der Waals surface area contributed by atoms with E-state index >= 15 is 0 Å². The second kappa shape index (κ2) is 8.78. The lowest BCUT2D eigenvalue weighted by Crippen LogP contribution is -2.41. The first-order valence-electron chi connectivity index (χ1n) is 8.52. The van der Waals surface area contributed by atoms with Gasteiger partial charge < -0.3 is 15.2 Å². The summed E-state index contributed by atoms with van der Waals surface area (Å²) in [6.45, 7) is 1.38. The first-order chi connectivity index (χ1) is 13.0. The van der Waals surface area contributed by atoms with Gasteiger partial charge in [-0.1, -0.05) is 34.8 Å². The molecule has 1 amide bonds. The van der Waals surface area contributed by atoms with Gasteiger partial charge in [0.1, 0.15) is 5.15 Å². The SMILES string of the molecule is O=C(Nc1cc(Cl)cc(Cl)c1)[C@H]1CCCN(c2nc3nc(Cl)ccc3[nH]2)C1.S. The zero-order chi connectivity index (χ0) is 19.0. The van der Waals surface area contributed by atoms with Gasteiger partial charge in [0.25, 0.3) is 0 Å². The number of rotatable bonds is 3. The Hall–Kier alpha value is -1.67. The Morgan fingerprint density at radius 2 is 1.89 bits per heavy atom. The number of pyridine rings is 1. The number of nitrogens with one attached hydrogen (secondary N) is 2. The lowest BCUT2D eigenvalue weighted by Gasteiger charge is -2.31. The molecule has 0 bridgehead atoms. The summed E-state index contributed by atoms with van der Waals surface area (Å²) in [5.41, 5.74) is 1.98. The normalized spacial score (nSPS) is 16.7. The van der Waals surface area contributed by atoms with Crippen LogP contribution in [0.5, 0.6) is 0 Å². The molecule has 148 valence electrons. The van der Waals surface area contributed by atoms with Crippen LogP contribution in [0.1, 0.15) is 12.8 Å². The number of halogens is 3. The molecular weight excluding hydrogens is 441 g/mol. The number of imidazole rings is 1. The van der Waals surface area contributed by atoms with Crippen molar-refractivity contribution in [3.05, 3.63) is 45.5 Å². The van der Waals surface area contributed by atoms with Crippen LogP contribution in [-0.4, -0.2) is 33.9 Å². The second-order valence-corrected chi connectivity index (χ2v) is 7.76. The number of aromatic amines is 1. The number of piperidine rings is 1. The summed E-state index contributed by atoms with van der Waals surface area (Å²) in [5.74, 6) is 0.472. The molecule has 0 aliphatic carbocycles. The number of anilines is 2. The van der Waals surface area contributed by atoms with Crippen molar-refractivity contribution in [3.63, 3.8) is 0 Å². The highest BCUT2D eigenvalue weighted by molar-refractivity contribution is 7.59. The van der Waals surface area contributed by atoms with Crippen molar-refractivity contribution in [2.24, 2.45) is 5.92 Å². The van der Waals surface area contributed by atoms with Crippen molar-refractivity contribution < 1.29 is 4.79 Å². The Morgan fingerprint density at radius 3 is 2.64 bits per heavy atom. The number of fused-ring (bicyclic) bond motifs is 1. The molecule has 1 fully saturated rings. The van der Waals surface area contributed by atoms with Gasteiger partial charge in [0, 0.05) is 28.8 Å². The molecule has 10 heteroatoms. The molecular formula is C18H18Cl3N5OS. The molecule has 2 N–H and O–H groups in total. The number of benzene rings is 1. The highest BCUT2D eigenvalue weighted by atomic mass is 35.5. The molecule has 3 aromatic rings. The molecule has 1 aromatic carbocycles. The molecule has 1 atom stereocenters. The van der Waals surface area contributed by atoms with Gasteiger partial charge in [0.05, 0.1) is 11.4 Å². The summed E-state index contributed by atoms with van der Waals surface area (Å²) in [7, 11) is 0. The molecule has 4 rings (SSSR count). The molecule has 1 saturated heterocycles. The van der Waals surface area contributed by atoms with Gasteiger partial charge in [-0.05, 0) is 43.2 Å². The third kappa shape index (κ3) is 4.66. The lowest BCUT2D eigenvalue weighted by atomic mass is 9.97. The summed E-state index contributed by atoms with van der Waals surface area (Å²) < 4.78 is 0. The number of H-pyrrole nitrogens is 1. The first-order valence-corrected chi connectivity index (χ1v) is 9.65. The molecule has 6 nitrogen and oxygen atoms in total. The number of amides is 1. The summed E-state index contributed by atoms with van der Waals surface area (Å²) in [6, 6.07) is 8.55. The molecule has 3 heterocycles. The number of hydrogen-bond acceptors (Lipinski definition) is 4. The third-order valence-electron chi connectivity index (χ3n) is 4.52. The maximum Gasteiger partial charge on any atom is 0.229 e. The van der Waals surface area contributed by atoms with Gasteiger partial charge in [0.2, 0.25) is 11.9 Å². The third-order valence-corrected chi connectivity index (χ3v) is 5.17. The highest BCUT2D eigenvalue weighted by Crippen LogP contribution is 2.26. The predicted octanol–water partition coefficient (Wildman–Crippen LogP) is 4.89. The fourth-order valence-corrected chi connectivity index (χ4v) is 3.93. The van der Waals surface area contributed by atoms with Crippen LogP contribution in [0, 0.1) is 5.92 Å². The average molecular weight is 459 g/mol. The van der Waals surface area contributed by atoms with Gasteiger partial charge in [-0.25, -0.2) is 4.98 Å². The van der Waals surface area contributed by atoms with Crippen LogP contribution in [0.25, 0.3) is 11.2 Å². The van der Waals surface area contributed by atoms with Gasteiger partial charge in [-0.2, -0.15) is 18.5 Å². The molecule has 1 aliphatic rings. The van der Waals surface area contributed by atoms with Gasteiger partial charge in [-0.3, -0.25) is 4.79 Å². The number of nitrogens with zero attached hydrogens (tertiary/aromatic N) is 3. The van der Waals surface area contributed by atoms with Crippen LogP contribution in [0.3, 0.4) is 0 Å². The minimum absolute atomic E-state index is 0. The molecule has 1 aliphatic heterocycles. The van der Waals surface area contributed by atoms with E-state index in [0.717, 1.165) is 24.9 Å². The average Bonchev–Trinajstić information content (AvgIpc) is 3.04. The Balaban J connectivity index is 0.00000225. The maximum absolute atomic E-state index is 12.7. The largest absolute Gasteiger partial charge is 0.342 e. The Morgan fingerprint density at radius 1 is 1.14 bits per heavy atom. The van der Waals surface area contributed by atoms with Gasteiger partial charge in [0.15, 0.2) is 5.65 Å². The summed E-state index contributed by atoms with van der Waals surface area (Å²) >= 11 is 17.9. The van der Waals surface area contributed by atoms with Crippen LogP contribution in [0.4, 0.5) is 11.6 Å². The number of aromatic nitrogens is 3. The van der Waals surface area contributed by atoms with Crippen LogP contribution in [0.2, 0.25) is 15.2 Å². The van der Waals surface area contributed by atoms with E-state index in [9.17, 15) is 4.79 Å². The van der Waals surface area contributed by atoms with Crippen molar-refractivity contribution in [2.45, 2.75) is 12.8 Å². The summed E-state index contributed by atoms with van der Waals surface area (Å²) in [4.78, 5) is 26.7. The van der Waals surface area contributed by atoms with Gasteiger partial charge in [-0.15, -0.1) is 0 Å². The Kier molecular flexibility index (Phi) is 6.60. The van der Waals surface area contributed by atoms with E-state index in [1.165, 1.54) is 0 Å². The van der Waals surface area contributed by atoms with E-state index in [4.69, 9.17) is 34.8 Å². The minimum atomic E-state index is -0.165. The first kappa shape index (κ1) is 21.0. The van der Waals surface area contributed by atoms with Crippen molar-refractivity contribution in [1.29, 1.82) is 0 Å². The maximum atomic E-state index is 12.7. The number of carbonyl (C=O) groups excluding carboxylic acids is 1. The van der Waals surface area contributed by atoms with E-state index in [1.807, 2.05) is 6.07 Å². The topological polar surface area (TPSA) is 73.9 Å². The van der Waals surface area contributed by atoms with E-state index in [0.29, 0.717) is 39.0 Å². The van der Waals surface area contributed by atoms with E-state index in [-0.39, 0.29) is 25.3 Å². The van der Waals surface area contributed by atoms with Crippen LogP contribution >= 0.6 is 48.3 Å². The Labute approximate surface area is 184 Å². The van der Waals surface area contributed by atoms with E-state index in [2.05, 4.69) is 25.2 Å². The molecule has 2 aromatic heterocycles. The zero-order valence-corrected chi connectivity index (χ0v) is 17.9. The fourth-order valence-electron chi connectivity index (χ4n) is 3.26. The lowest BCUT2D eigenvalue weighted by molar-refractivity contribution is -0.120. The summed E-state index contributed by atoms with van der Waals surface area (Å²) in [6.07, 6.45) is 1.69. The van der Waals surface area contributed by atoms with Crippen LogP contribution < -0.4 is 10.2 Å². The number of carbonyl (C=O) groups is 1. The minimum Gasteiger partial charge on any atom is -0.342 e. The highest BCUT2D eigenvalue weighted by Gasteiger charge is 2.27. The monoisotopic (exact) mass is 457 g/mol. The van der Waals surface area contributed by atoms with Crippen LogP contribution in [0.15, 0.2) is 30.3 Å². The zero-order valence-electron chi connectivity index (χ0n) is 14.7. The van der Waals surface area contributed by atoms with Crippen molar-refractivity contribution in [1.82, 2.24) is 15.0 Å². The standard InChI is InChI=1S/C18H16Cl3N5O.H2S/c19-11-6-12(20)8-13(7-11)22-17(27)10-2-1-5-26(9-10)18-23-14-3-4-15(21)24-16(14)25-18;/h3-4,6-8,10H,1-2,5,9H2,(H,22,27)(H,23,24,25);1H2/t10-;/m0./s1. The fraction of sp³-hybridized carbons (Fsp3) is 0.278. The number of hydrogen-bond donors (Lipinski definition) is 2. The molecule has 0 saturated carbocycles. The predicted molar refractivity (Wildman–Crippen MR) is 119 cm³/mol. The summed E-state index contributed by atoms with van der Waals surface area (Å²) in [5, 5.41) is 4.27. The van der Waals surface area contributed by atoms with Gasteiger partial charge >= 0.3 is 0 Å². The molecule has 0 unspecified atom stereocenters. The van der Waals surface area contributed by atoms with Crippen molar-refractivity contribution in [3.8, 4) is 0 Å². The quantitative estimate of drug-likeness (QED) is 0.548. The molecule has 0 radical (unpaired) electrons. The molecule has 0 spiro atoms. The smallest absolute Gasteiger partial charge is 0.229 e. The van der Waals surface area contributed by atoms with E-state index in [1.54, 1.807) is 24.3 Å². The van der Waals surface area contributed by atoms with Crippen LogP contribution in [-0.2, 0) is 4.79 Å². The van der Waals surface area contributed by atoms with E-state index < -0.39 is 0 Å². The van der Waals surface area contributed by atoms with Crippen molar-refractivity contribution >= 4 is 77.0 Å². The van der Waals surface area contributed by atoms with Crippen molar-refractivity contribution in [2.75, 3.05) is 23.3 Å².